The molecule has 2 N–H and O–H groups in total. The number of amides is 1. The Balaban J connectivity index is 2.68. The van der Waals surface area contributed by atoms with Gasteiger partial charge in [-0.2, -0.15) is 0 Å². The smallest absolute Gasteiger partial charge is 0.223 e. The van der Waals surface area contributed by atoms with Crippen LogP contribution in [0.3, 0.4) is 0 Å². The lowest BCUT2D eigenvalue weighted by Gasteiger charge is -2.20. The van der Waals surface area contributed by atoms with Gasteiger partial charge in [-0.1, -0.05) is 44.2 Å². The summed E-state index contributed by atoms with van der Waals surface area (Å²) in [5, 5.41) is 12.2. The third kappa shape index (κ3) is 3.86. The molecule has 0 saturated carbocycles. The number of aliphatic hydroxyl groups excluding tert-OH is 1. The summed E-state index contributed by atoms with van der Waals surface area (Å²) in [6, 6.07) is 9.25. The fourth-order valence-electron chi connectivity index (χ4n) is 1.87. The second-order valence-electron chi connectivity index (χ2n) is 4.17. The van der Waals surface area contributed by atoms with Crippen molar-refractivity contribution in [3.8, 4) is 0 Å². The molecule has 3 heteroatoms. The van der Waals surface area contributed by atoms with Crippen LogP contribution in [0.25, 0.3) is 0 Å². The molecule has 0 fully saturated rings. The molecule has 0 aromatic heterocycles. The average Bonchev–Trinajstić information content (AvgIpc) is 2.38. The van der Waals surface area contributed by atoms with Crippen molar-refractivity contribution in [3.63, 3.8) is 0 Å². The lowest BCUT2D eigenvalue weighted by Crippen LogP contribution is -2.35. The Hall–Kier alpha value is -1.35. The first-order chi connectivity index (χ1) is 8.22. The van der Waals surface area contributed by atoms with Crippen molar-refractivity contribution < 1.29 is 9.90 Å². The van der Waals surface area contributed by atoms with Gasteiger partial charge in [0, 0.05) is 5.92 Å². The Morgan fingerprint density at radius 1 is 1.24 bits per heavy atom. The van der Waals surface area contributed by atoms with Crippen molar-refractivity contribution in [3.05, 3.63) is 35.9 Å². The summed E-state index contributed by atoms with van der Waals surface area (Å²) in [5.74, 6) is 0.0608. The van der Waals surface area contributed by atoms with Crippen molar-refractivity contribution >= 4 is 5.91 Å². The summed E-state index contributed by atoms with van der Waals surface area (Å²) >= 11 is 0. The molecular formula is C14H21NO2. The summed E-state index contributed by atoms with van der Waals surface area (Å²) in [4.78, 5) is 11.9. The largest absolute Gasteiger partial charge is 0.394 e. The van der Waals surface area contributed by atoms with Gasteiger partial charge in [-0.05, 0) is 18.4 Å². The van der Waals surface area contributed by atoms with Crippen LogP contribution in [0.5, 0.6) is 0 Å². The molecule has 0 saturated heterocycles. The highest BCUT2D eigenvalue weighted by atomic mass is 16.3. The number of carbonyl (C=O) groups excluding carboxylic acids is 1. The van der Waals surface area contributed by atoms with E-state index >= 15 is 0 Å². The first-order valence-corrected chi connectivity index (χ1v) is 6.19. The number of hydrogen-bond acceptors (Lipinski definition) is 2. The van der Waals surface area contributed by atoms with E-state index < -0.39 is 0 Å². The molecule has 17 heavy (non-hydrogen) atoms. The number of hydrogen-bond donors (Lipinski definition) is 2. The molecule has 0 spiro atoms. The predicted molar refractivity (Wildman–Crippen MR) is 68.5 cm³/mol. The zero-order chi connectivity index (χ0) is 12.7. The lowest BCUT2D eigenvalue weighted by atomic mass is 10.0. The first kappa shape index (κ1) is 13.7. The third-order valence-corrected chi connectivity index (χ3v) is 3.06. The van der Waals surface area contributed by atoms with Gasteiger partial charge in [0.15, 0.2) is 0 Å². The van der Waals surface area contributed by atoms with Crippen molar-refractivity contribution in [1.29, 1.82) is 0 Å². The van der Waals surface area contributed by atoms with Crippen molar-refractivity contribution in [2.45, 2.75) is 32.7 Å². The van der Waals surface area contributed by atoms with Gasteiger partial charge in [-0.25, -0.2) is 0 Å². The second-order valence-corrected chi connectivity index (χ2v) is 4.17. The van der Waals surface area contributed by atoms with Gasteiger partial charge in [-0.15, -0.1) is 0 Å². The summed E-state index contributed by atoms with van der Waals surface area (Å²) < 4.78 is 0. The fourth-order valence-corrected chi connectivity index (χ4v) is 1.87. The van der Waals surface area contributed by atoms with Crippen LogP contribution in [0.2, 0.25) is 0 Å². The normalized spacial score (nSPS) is 12.5. The van der Waals surface area contributed by atoms with E-state index in [4.69, 9.17) is 0 Å². The Kier molecular flexibility index (Phi) is 5.70. The number of rotatable bonds is 6. The van der Waals surface area contributed by atoms with Crippen LogP contribution < -0.4 is 5.32 Å². The Morgan fingerprint density at radius 2 is 1.82 bits per heavy atom. The zero-order valence-electron chi connectivity index (χ0n) is 10.5. The van der Waals surface area contributed by atoms with Crippen molar-refractivity contribution in [2.75, 3.05) is 6.61 Å². The molecule has 0 radical (unpaired) electrons. The van der Waals surface area contributed by atoms with E-state index in [9.17, 15) is 9.90 Å². The molecule has 0 aliphatic rings. The van der Waals surface area contributed by atoms with Crippen LogP contribution in [0, 0.1) is 5.92 Å². The third-order valence-electron chi connectivity index (χ3n) is 3.06. The van der Waals surface area contributed by atoms with Crippen LogP contribution in [0.15, 0.2) is 30.3 Å². The minimum absolute atomic E-state index is 0.0258. The summed E-state index contributed by atoms with van der Waals surface area (Å²) in [6.45, 7) is 3.93. The van der Waals surface area contributed by atoms with Gasteiger partial charge in [0.05, 0.1) is 12.6 Å². The number of benzene rings is 1. The zero-order valence-corrected chi connectivity index (χ0v) is 10.5. The van der Waals surface area contributed by atoms with Gasteiger partial charge >= 0.3 is 0 Å². The minimum atomic E-state index is -0.302. The summed E-state index contributed by atoms with van der Waals surface area (Å²) in [5.41, 5.74) is 0.939. The Morgan fingerprint density at radius 3 is 2.29 bits per heavy atom. The summed E-state index contributed by atoms with van der Waals surface area (Å²) in [6.07, 6.45) is 1.66. The van der Waals surface area contributed by atoms with E-state index in [0.717, 1.165) is 18.4 Å². The van der Waals surface area contributed by atoms with Gasteiger partial charge in [0.25, 0.3) is 0 Å². The lowest BCUT2D eigenvalue weighted by molar-refractivity contribution is -0.126. The molecular weight excluding hydrogens is 214 g/mol. The highest BCUT2D eigenvalue weighted by molar-refractivity contribution is 5.79. The van der Waals surface area contributed by atoms with Gasteiger partial charge in [0.1, 0.15) is 0 Å². The van der Waals surface area contributed by atoms with Gasteiger partial charge in [0.2, 0.25) is 5.91 Å². The minimum Gasteiger partial charge on any atom is -0.394 e. The molecule has 1 aromatic rings. The van der Waals surface area contributed by atoms with Crippen LogP contribution >= 0.6 is 0 Å². The molecule has 0 heterocycles. The molecule has 1 rings (SSSR count). The van der Waals surface area contributed by atoms with E-state index in [-0.39, 0.29) is 24.5 Å². The maximum absolute atomic E-state index is 11.9. The van der Waals surface area contributed by atoms with Crippen molar-refractivity contribution in [2.24, 2.45) is 5.92 Å². The topological polar surface area (TPSA) is 49.3 Å². The van der Waals surface area contributed by atoms with E-state index in [1.54, 1.807) is 0 Å². The number of aliphatic hydroxyl groups is 1. The molecule has 1 aromatic carbocycles. The Bertz CT molecular complexity index is 333. The van der Waals surface area contributed by atoms with Crippen LogP contribution in [-0.2, 0) is 4.79 Å². The summed E-state index contributed by atoms with van der Waals surface area (Å²) in [7, 11) is 0. The molecule has 0 unspecified atom stereocenters. The molecule has 1 atom stereocenters. The molecule has 94 valence electrons. The monoisotopic (exact) mass is 235 g/mol. The predicted octanol–water partition coefficient (Wildman–Crippen LogP) is 2.27. The molecule has 3 nitrogen and oxygen atoms in total. The average molecular weight is 235 g/mol. The van der Waals surface area contributed by atoms with Gasteiger partial charge < -0.3 is 10.4 Å². The maximum atomic E-state index is 11.9. The van der Waals surface area contributed by atoms with Crippen LogP contribution in [0.4, 0.5) is 0 Å². The highest BCUT2D eigenvalue weighted by Crippen LogP contribution is 2.14. The van der Waals surface area contributed by atoms with E-state index in [2.05, 4.69) is 5.32 Å². The van der Waals surface area contributed by atoms with Crippen LogP contribution in [-0.4, -0.2) is 17.6 Å². The van der Waals surface area contributed by atoms with Gasteiger partial charge in [-0.3, -0.25) is 4.79 Å². The quantitative estimate of drug-likeness (QED) is 0.794. The second kappa shape index (κ2) is 7.07. The van der Waals surface area contributed by atoms with E-state index in [0.29, 0.717) is 0 Å². The number of nitrogens with one attached hydrogen (secondary N) is 1. The maximum Gasteiger partial charge on any atom is 0.223 e. The number of carbonyl (C=O) groups is 1. The highest BCUT2D eigenvalue weighted by Gasteiger charge is 2.18. The Labute approximate surface area is 103 Å². The van der Waals surface area contributed by atoms with Crippen LogP contribution in [0.1, 0.15) is 38.3 Å². The van der Waals surface area contributed by atoms with Crippen molar-refractivity contribution in [1.82, 2.24) is 5.32 Å². The SMILES string of the molecule is CCC(CC)C(=O)N[C@H](CO)c1ccccc1. The fraction of sp³-hybridized carbons (Fsp3) is 0.500. The molecule has 0 bridgehead atoms. The molecule has 0 aliphatic carbocycles. The molecule has 1 amide bonds. The molecule has 0 aliphatic heterocycles. The standard InChI is InChI=1S/C14H21NO2/c1-3-11(4-2)14(17)15-13(10-16)12-8-6-5-7-9-12/h5-9,11,13,16H,3-4,10H2,1-2H3,(H,15,17)/t13-/m1/s1. The van der Waals surface area contributed by atoms with E-state index in [1.807, 2.05) is 44.2 Å². The first-order valence-electron chi connectivity index (χ1n) is 6.19. The van der Waals surface area contributed by atoms with E-state index in [1.165, 1.54) is 0 Å².